The fourth-order valence-electron chi connectivity index (χ4n) is 1.90. The van der Waals surface area contributed by atoms with E-state index in [4.69, 9.17) is 0 Å². The van der Waals surface area contributed by atoms with Gasteiger partial charge in [0.1, 0.15) is 0 Å². The van der Waals surface area contributed by atoms with Crippen LogP contribution in [0.4, 0.5) is 0 Å². The van der Waals surface area contributed by atoms with Gasteiger partial charge in [0.15, 0.2) is 0 Å². The molecule has 116 valence electrons. The number of amides is 2. The number of hydrogen-bond donors (Lipinski definition) is 1. The molecule has 2 amide bonds. The first-order chi connectivity index (χ1) is 10.6. The second-order valence-electron chi connectivity index (χ2n) is 4.84. The van der Waals surface area contributed by atoms with Crippen LogP contribution in [0.3, 0.4) is 0 Å². The van der Waals surface area contributed by atoms with Crippen molar-refractivity contribution in [1.29, 1.82) is 0 Å². The number of nitrogens with one attached hydrogen (secondary N) is 1. The Morgan fingerprint density at radius 3 is 2.59 bits per heavy atom. The van der Waals surface area contributed by atoms with Crippen LogP contribution >= 0.6 is 27.3 Å². The summed E-state index contributed by atoms with van der Waals surface area (Å²) in [6.45, 7) is 0.944. The van der Waals surface area contributed by atoms with Crippen molar-refractivity contribution >= 4 is 39.1 Å². The maximum absolute atomic E-state index is 12.0. The lowest BCUT2D eigenvalue weighted by Crippen LogP contribution is -2.31. The van der Waals surface area contributed by atoms with Gasteiger partial charge in [-0.05, 0) is 35.7 Å². The Balaban J connectivity index is 1.74. The van der Waals surface area contributed by atoms with Crippen LogP contribution < -0.4 is 5.32 Å². The third-order valence-corrected chi connectivity index (χ3v) is 4.52. The normalized spacial score (nSPS) is 10.3. The third kappa shape index (κ3) is 4.96. The maximum Gasteiger partial charge on any atom is 0.251 e. The number of nitrogens with zero attached hydrogens (tertiary/aromatic N) is 1. The average Bonchev–Trinajstić information content (AvgIpc) is 3.00. The molecule has 0 radical (unpaired) electrons. The number of carbonyl (C=O) groups is 2. The van der Waals surface area contributed by atoms with Gasteiger partial charge in [-0.3, -0.25) is 9.59 Å². The van der Waals surface area contributed by atoms with Gasteiger partial charge >= 0.3 is 0 Å². The molecule has 1 N–H and O–H groups in total. The van der Waals surface area contributed by atoms with E-state index < -0.39 is 0 Å². The number of benzene rings is 1. The highest BCUT2D eigenvalue weighted by atomic mass is 79.9. The van der Waals surface area contributed by atoms with Gasteiger partial charge in [0, 0.05) is 34.9 Å². The van der Waals surface area contributed by atoms with Gasteiger partial charge in [-0.15, -0.1) is 11.3 Å². The van der Waals surface area contributed by atoms with E-state index in [2.05, 4.69) is 21.2 Å². The van der Waals surface area contributed by atoms with Gasteiger partial charge in [-0.1, -0.05) is 22.0 Å². The first kappa shape index (κ1) is 16.7. The van der Waals surface area contributed by atoms with Crippen molar-refractivity contribution < 1.29 is 9.59 Å². The Morgan fingerprint density at radius 1 is 1.23 bits per heavy atom. The topological polar surface area (TPSA) is 49.4 Å². The fourth-order valence-corrected chi connectivity index (χ4v) is 2.92. The largest absolute Gasteiger partial charge is 0.352 e. The smallest absolute Gasteiger partial charge is 0.251 e. The Labute approximate surface area is 142 Å². The van der Waals surface area contributed by atoms with E-state index >= 15 is 0 Å². The molecule has 1 aromatic heterocycles. The average molecular weight is 381 g/mol. The summed E-state index contributed by atoms with van der Waals surface area (Å²) >= 11 is 4.95. The number of halogens is 1. The van der Waals surface area contributed by atoms with E-state index in [1.54, 1.807) is 35.4 Å². The third-order valence-electron chi connectivity index (χ3n) is 3.13. The van der Waals surface area contributed by atoms with E-state index in [1.165, 1.54) is 0 Å². The fraction of sp³-hybridized carbons (Fsp3) is 0.250. The number of hydrogen-bond acceptors (Lipinski definition) is 3. The molecule has 2 aromatic rings. The van der Waals surface area contributed by atoms with Gasteiger partial charge in [-0.25, -0.2) is 0 Å². The maximum atomic E-state index is 12.0. The molecule has 0 fully saturated rings. The van der Waals surface area contributed by atoms with E-state index in [0.29, 0.717) is 25.1 Å². The molecule has 0 bridgehead atoms. The Hall–Kier alpha value is -1.66. The van der Waals surface area contributed by atoms with Gasteiger partial charge in [-0.2, -0.15) is 0 Å². The zero-order valence-corrected chi connectivity index (χ0v) is 14.6. The summed E-state index contributed by atoms with van der Waals surface area (Å²) in [4.78, 5) is 26.7. The van der Waals surface area contributed by atoms with Gasteiger partial charge in [0.25, 0.3) is 5.91 Å². The van der Waals surface area contributed by atoms with Crippen LogP contribution in [0.1, 0.15) is 21.7 Å². The molecule has 0 saturated heterocycles. The monoisotopic (exact) mass is 380 g/mol. The minimum Gasteiger partial charge on any atom is -0.352 e. The Morgan fingerprint density at radius 2 is 1.95 bits per heavy atom. The highest BCUT2D eigenvalue weighted by Gasteiger charge is 2.11. The van der Waals surface area contributed by atoms with E-state index in [1.807, 2.05) is 29.6 Å². The van der Waals surface area contributed by atoms with Crippen molar-refractivity contribution in [2.45, 2.75) is 13.0 Å². The molecular formula is C16H17BrN2O2S. The summed E-state index contributed by atoms with van der Waals surface area (Å²) in [5.74, 6) is -0.147. The molecule has 0 spiro atoms. The minimum atomic E-state index is -0.166. The van der Waals surface area contributed by atoms with Crippen LogP contribution in [0.2, 0.25) is 0 Å². The second-order valence-corrected chi connectivity index (χ2v) is 6.79. The number of carbonyl (C=O) groups excluding carboxylic acids is 2. The summed E-state index contributed by atoms with van der Waals surface area (Å²) in [7, 11) is 1.78. The van der Waals surface area contributed by atoms with Crippen molar-refractivity contribution in [2.75, 3.05) is 13.6 Å². The first-order valence-electron chi connectivity index (χ1n) is 6.86. The van der Waals surface area contributed by atoms with Crippen LogP contribution in [0, 0.1) is 0 Å². The predicted molar refractivity (Wildman–Crippen MR) is 91.9 cm³/mol. The predicted octanol–water partition coefficient (Wildman–Crippen LogP) is 3.29. The first-order valence-corrected chi connectivity index (χ1v) is 8.53. The molecule has 6 heteroatoms. The summed E-state index contributed by atoms with van der Waals surface area (Å²) < 4.78 is 0.925. The molecule has 2 rings (SSSR count). The molecule has 0 atom stereocenters. The van der Waals surface area contributed by atoms with E-state index in [-0.39, 0.29) is 11.8 Å². The molecule has 1 heterocycles. The van der Waals surface area contributed by atoms with Crippen LogP contribution in [-0.2, 0) is 11.3 Å². The molecule has 1 aromatic carbocycles. The lowest BCUT2D eigenvalue weighted by Gasteiger charge is -2.16. The highest BCUT2D eigenvalue weighted by molar-refractivity contribution is 9.10. The summed E-state index contributed by atoms with van der Waals surface area (Å²) in [6.07, 6.45) is 0.296. The molecule has 0 aliphatic carbocycles. The van der Waals surface area contributed by atoms with Crippen molar-refractivity contribution in [2.24, 2.45) is 0 Å². The summed E-state index contributed by atoms with van der Waals surface area (Å²) in [5, 5.41) is 4.76. The molecule has 4 nitrogen and oxygen atoms in total. The number of rotatable bonds is 6. The highest BCUT2D eigenvalue weighted by Crippen LogP contribution is 2.12. The zero-order chi connectivity index (χ0) is 15.9. The lowest BCUT2D eigenvalue weighted by molar-refractivity contribution is -0.130. The van der Waals surface area contributed by atoms with Crippen LogP contribution in [0.15, 0.2) is 46.3 Å². The lowest BCUT2D eigenvalue weighted by atomic mass is 10.2. The van der Waals surface area contributed by atoms with Crippen molar-refractivity contribution in [3.8, 4) is 0 Å². The molecule has 22 heavy (non-hydrogen) atoms. The molecule has 0 aliphatic heterocycles. The number of thiophene rings is 1. The minimum absolute atomic E-state index is 0.0181. The summed E-state index contributed by atoms with van der Waals surface area (Å²) in [6, 6.07) is 11.1. The molecule has 0 aliphatic rings. The summed E-state index contributed by atoms with van der Waals surface area (Å²) in [5.41, 5.74) is 0.586. The zero-order valence-electron chi connectivity index (χ0n) is 12.2. The standard InChI is InChI=1S/C16H17BrN2O2S/c1-19(11-14-3-2-10-22-14)15(20)8-9-18-16(21)12-4-6-13(17)7-5-12/h2-7,10H,8-9,11H2,1H3,(H,18,21). The quantitative estimate of drug-likeness (QED) is 0.835. The van der Waals surface area contributed by atoms with Crippen LogP contribution in [-0.4, -0.2) is 30.3 Å². The van der Waals surface area contributed by atoms with Gasteiger partial charge < -0.3 is 10.2 Å². The van der Waals surface area contributed by atoms with Crippen LogP contribution in [0.5, 0.6) is 0 Å². The second kappa shape index (κ2) is 8.10. The SMILES string of the molecule is CN(Cc1cccs1)C(=O)CCNC(=O)c1ccc(Br)cc1. The van der Waals surface area contributed by atoms with Gasteiger partial charge in [0.05, 0.1) is 6.54 Å². The molecule has 0 saturated carbocycles. The van der Waals surface area contributed by atoms with Gasteiger partial charge in [0.2, 0.25) is 5.91 Å². The van der Waals surface area contributed by atoms with E-state index in [9.17, 15) is 9.59 Å². The Kier molecular flexibility index (Phi) is 6.15. The molecule has 0 unspecified atom stereocenters. The van der Waals surface area contributed by atoms with E-state index in [0.717, 1.165) is 9.35 Å². The van der Waals surface area contributed by atoms with Crippen molar-refractivity contribution in [1.82, 2.24) is 10.2 Å². The van der Waals surface area contributed by atoms with Crippen LogP contribution in [0.25, 0.3) is 0 Å². The molecular weight excluding hydrogens is 364 g/mol. The Bertz CT molecular complexity index is 626. The van der Waals surface area contributed by atoms with Crippen molar-refractivity contribution in [3.63, 3.8) is 0 Å². The van der Waals surface area contributed by atoms with Crippen molar-refractivity contribution in [3.05, 3.63) is 56.7 Å².